The van der Waals surface area contributed by atoms with Crippen molar-refractivity contribution < 1.29 is 9.53 Å². The molecule has 0 unspecified atom stereocenters. The van der Waals surface area contributed by atoms with Crippen LogP contribution in [0.3, 0.4) is 0 Å². The van der Waals surface area contributed by atoms with Gasteiger partial charge in [-0.2, -0.15) is 0 Å². The highest BCUT2D eigenvalue weighted by atomic mass is 32.1. The van der Waals surface area contributed by atoms with Crippen LogP contribution >= 0.6 is 11.3 Å². The summed E-state index contributed by atoms with van der Waals surface area (Å²) in [4.78, 5) is 19.6. The van der Waals surface area contributed by atoms with Crippen molar-refractivity contribution in [3.05, 3.63) is 76.0 Å². The van der Waals surface area contributed by atoms with Gasteiger partial charge in [-0.1, -0.05) is 29.8 Å². The number of anilines is 2. The number of carbonyl (C=O) groups excluding carboxylic acids is 1. The number of ether oxygens (including phenoxy) is 1. The normalized spacial score (nSPS) is 19.6. The Morgan fingerprint density at radius 3 is 2.76 bits per heavy atom. The minimum Gasteiger partial charge on any atom is -0.497 e. The summed E-state index contributed by atoms with van der Waals surface area (Å²) >= 11 is 1.74. The second kappa shape index (κ2) is 9.48. The van der Waals surface area contributed by atoms with Crippen molar-refractivity contribution in [1.29, 1.82) is 0 Å². The number of benzene rings is 2. The van der Waals surface area contributed by atoms with E-state index in [4.69, 9.17) is 4.74 Å². The maximum absolute atomic E-state index is 13.4. The molecule has 1 fully saturated rings. The molecule has 1 aromatic heterocycles. The van der Waals surface area contributed by atoms with Gasteiger partial charge in [0.2, 0.25) is 5.91 Å². The van der Waals surface area contributed by atoms with Gasteiger partial charge >= 0.3 is 0 Å². The first-order valence-corrected chi connectivity index (χ1v) is 12.6. The van der Waals surface area contributed by atoms with Crippen LogP contribution < -0.4 is 19.9 Å². The Kier molecular flexibility index (Phi) is 6.27. The molecule has 5 rings (SSSR count). The van der Waals surface area contributed by atoms with Gasteiger partial charge < -0.3 is 19.9 Å². The number of piperazine rings is 1. The van der Waals surface area contributed by atoms with Gasteiger partial charge in [0.15, 0.2) is 0 Å². The molecule has 2 aromatic carbocycles. The molecule has 6 heteroatoms. The molecular weight excluding hydrogens is 430 g/mol. The zero-order valence-corrected chi connectivity index (χ0v) is 20.1. The van der Waals surface area contributed by atoms with E-state index in [1.807, 2.05) is 6.07 Å². The summed E-state index contributed by atoms with van der Waals surface area (Å²) < 4.78 is 5.51. The van der Waals surface area contributed by atoms with E-state index in [2.05, 4.69) is 76.0 Å². The number of hydrogen-bond donors (Lipinski definition) is 1. The van der Waals surface area contributed by atoms with Crippen LogP contribution in [0.4, 0.5) is 11.4 Å². The molecule has 2 aliphatic heterocycles. The Bertz CT molecular complexity index is 1100. The highest BCUT2D eigenvalue weighted by Crippen LogP contribution is 2.39. The monoisotopic (exact) mass is 461 g/mol. The first-order valence-electron chi connectivity index (χ1n) is 11.7. The Morgan fingerprint density at radius 1 is 1.15 bits per heavy atom. The van der Waals surface area contributed by atoms with Gasteiger partial charge in [0, 0.05) is 48.5 Å². The molecule has 0 aliphatic carbocycles. The summed E-state index contributed by atoms with van der Waals surface area (Å²) in [5.74, 6) is 0.948. The van der Waals surface area contributed by atoms with Gasteiger partial charge in [-0.25, -0.2) is 0 Å². The van der Waals surface area contributed by atoms with E-state index < -0.39 is 0 Å². The Morgan fingerprint density at radius 2 is 2.00 bits per heavy atom. The average molecular weight is 462 g/mol. The van der Waals surface area contributed by atoms with Gasteiger partial charge in [-0.05, 0) is 55.0 Å². The van der Waals surface area contributed by atoms with Crippen LogP contribution in [0.1, 0.15) is 16.0 Å². The van der Waals surface area contributed by atoms with E-state index in [0.29, 0.717) is 6.54 Å². The zero-order valence-electron chi connectivity index (χ0n) is 19.3. The van der Waals surface area contributed by atoms with E-state index in [-0.39, 0.29) is 17.9 Å². The molecule has 33 heavy (non-hydrogen) atoms. The van der Waals surface area contributed by atoms with Crippen LogP contribution in [-0.2, 0) is 17.6 Å². The van der Waals surface area contributed by atoms with Crippen LogP contribution in [-0.4, -0.2) is 45.2 Å². The molecule has 0 bridgehead atoms. The molecule has 0 radical (unpaired) electrons. The number of hydrogen-bond acceptors (Lipinski definition) is 5. The van der Waals surface area contributed by atoms with Gasteiger partial charge in [0.25, 0.3) is 0 Å². The first-order chi connectivity index (χ1) is 16.1. The molecule has 3 aromatic rings. The molecule has 0 saturated carbocycles. The Balaban J connectivity index is 1.38. The van der Waals surface area contributed by atoms with Crippen LogP contribution in [0.25, 0.3) is 0 Å². The maximum atomic E-state index is 13.4. The van der Waals surface area contributed by atoms with Crippen molar-refractivity contribution in [2.75, 3.05) is 43.1 Å². The molecule has 2 aliphatic rings. The van der Waals surface area contributed by atoms with Crippen LogP contribution in [0.5, 0.6) is 5.75 Å². The standard InChI is InChI=1S/C27H31N3O2S/c1-19-5-8-21(9-6-19)29-13-14-30-25-17-22(32-2)10-7-20(25)16-24(26(30)18-29)27(31)28-12-11-23-4-3-15-33-23/h3-10,15,17,24,26H,11-14,16,18H2,1-2H3,(H,28,31)/t24-,26+/m0/s1. The first kappa shape index (κ1) is 21.8. The molecule has 2 atom stereocenters. The van der Waals surface area contributed by atoms with Gasteiger partial charge in [-0.15, -0.1) is 11.3 Å². The summed E-state index contributed by atoms with van der Waals surface area (Å²) in [7, 11) is 1.71. The van der Waals surface area contributed by atoms with Crippen LogP contribution in [0.2, 0.25) is 0 Å². The van der Waals surface area contributed by atoms with E-state index >= 15 is 0 Å². The van der Waals surface area contributed by atoms with Gasteiger partial charge in [-0.3, -0.25) is 4.79 Å². The number of nitrogens with one attached hydrogen (secondary N) is 1. The quantitative estimate of drug-likeness (QED) is 0.595. The summed E-state index contributed by atoms with van der Waals surface area (Å²) in [5, 5.41) is 5.32. The average Bonchev–Trinajstić information content (AvgIpc) is 3.37. The largest absolute Gasteiger partial charge is 0.497 e. The van der Waals surface area contributed by atoms with Crippen LogP contribution in [0, 0.1) is 12.8 Å². The summed E-state index contributed by atoms with van der Waals surface area (Å²) in [6, 6.07) is 19.3. The number of rotatable bonds is 6. The zero-order chi connectivity index (χ0) is 22.8. The van der Waals surface area contributed by atoms with Crippen molar-refractivity contribution in [3.8, 4) is 5.75 Å². The SMILES string of the molecule is COc1ccc2c(c1)N1CCN(c3ccc(C)cc3)C[C@@H]1[C@@H](C(=O)NCCc1cccs1)C2. The van der Waals surface area contributed by atoms with Crippen molar-refractivity contribution in [2.24, 2.45) is 5.92 Å². The summed E-state index contributed by atoms with van der Waals surface area (Å²) in [6.07, 6.45) is 1.64. The second-order valence-electron chi connectivity index (χ2n) is 8.97. The van der Waals surface area contributed by atoms with E-state index in [0.717, 1.165) is 38.2 Å². The lowest BCUT2D eigenvalue weighted by atomic mass is 9.83. The van der Waals surface area contributed by atoms with Crippen molar-refractivity contribution in [2.45, 2.75) is 25.8 Å². The van der Waals surface area contributed by atoms with Crippen LogP contribution in [0.15, 0.2) is 60.0 Å². The predicted octanol–water partition coefficient (Wildman–Crippen LogP) is 4.29. The second-order valence-corrected chi connectivity index (χ2v) is 10.0. The van der Waals surface area contributed by atoms with E-state index in [1.54, 1.807) is 18.4 Å². The smallest absolute Gasteiger partial charge is 0.225 e. The molecule has 1 saturated heterocycles. The highest BCUT2D eigenvalue weighted by molar-refractivity contribution is 7.09. The number of thiophene rings is 1. The Labute approximate surface area is 200 Å². The number of methoxy groups -OCH3 is 1. The molecule has 1 N–H and O–H groups in total. The fourth-order valence-corrected chi connectivity index (χ4v) is 5.80. The highest BCUT2D eigenvalue weighted by Gasteiger charge is 2.41. The molecule has 5 nitrogen and oxygen atoms in total. The van der Waals surface area contributed by atoms with Crippen molar-refractivity contribution in [1.82, 2.24) is 5.32 Å². The Hall–Kier alpha value is -2.99. The lowest BCUT2D eigenvalue weighted by molar-refractivity contribution is -0.125. The third-order valence-corrected chi connectivity index (χ3v) is 7.85. The van der Waals surface area contributed by atoms with Crippen molar-refractivity contribution in [3.63, 3.8) is 0 Å². The number of fused-ring (bicyclic) bond motifs is 3. The number of carbonyl (C=O) groups is 1. The molecular formula is C27H31N3O2S. The molecule has 1 amide bonds. The third-order valence-electron chi connectivity index (χ3n) is 6.91. The van der Waals surface area contributed by atoms with E-state index in [9.17, 15) is 4.79 Å². The summed E-state index contributed by atoms with van der Waals surface area (Å²) in [6.45, 7) is 5.45. The molecule has 172 valence electrons. The predicted molar refractivity (Wildman–Crippen MR) is 136 cm³/mol. The minimum absolute atomic E-state index is 0.0810. The lowest BCUT2D eigenvalue weighted by Gasteiger charge is -2.49. The fraction of sp³-hybridized carbons (Fsp3) is 0.370. The maximum Gasteiger partial charge on any atom is 0.225 e. The fourth-order valence-electron chi connectivity index (χ4n) is 5.09. The van der Waals surface area contributed by atoms with Crippen molar-refractivity contribution >= 4 is 28.6 Å². The number of nitrogens with zero attached hydrogens (tertiary/aromatic N) is 2. The summed E-state index contributed by atoms with van der Waals surface area (Å²) in [5.41, 5.74) is 4.94. The number of amides is 1. The van der Waals surface area contributed by atoms with Gasteiger partial charge in [0.05, 0.1) is 19.1 Å². The van der Waals surface area contributed by atoms with Gasteiger partial charge in [0.1, 0.15) is 5.75 Å². The molecule has 3 heterocycles. The third kappa shape index (κ3) is 4.58. The topological polar surface area (TPSA) is 44.8 Å². The van der Waals surface area contributed by atoms with E-state index in [1.165, 1.54) is 27.4 Å². The lowest BCUT2D eigenvalue weighted by Crippen LogP contribution is -2.61. The minimum atomic E-state index is -0.0810. The molecule has 0 spiro atoms. The number of aryl methyl sites for hydroxylation is 1.